The zero-order valence-corrected chi connectivity index (χ0v) is 20.5. The quantitative estimate of drug-likeness (QED) is 0.327. The summed E-state index contributed by atoms with van der Waals surface area (Å²) in [6, 6.07) is -1.87. The van der Waals surface area contributed by atoms with E-state index in [1.54, 1.807) is 36.8 Å². The summed E-state index contributed by atoms with van der Waals surface area (Å²) in [6.07, 6.45) is -2.33. The van der Waals surface area contributed by atoms with Gasteiger partial charge in [-0.1, -0.05) is 23.4 Å². The number of pyridine rings is 1. The van der Waals surface area contributed by atoms with Crippen molar-refractivity contribution >= 4 is 46.2 Å². The molecule has 13 heteroatoms. The van der Waals surface area contributed by atoms with E-state index in [9.17, 15) is 18.0 Å². The number of carbonyl (C=O) groups excluding carboxylic acids is 1. The first kappa shape index (κ1) is 23.5. The third-order valence-corrected chi connectivity index (χ3v) is 7.07. The summed E-state index contributed by atoms with van der Waals surface area (Å²) in [5, 5.41) is -0.173. The molecule has 0 N–H and O–H groups in total. The van der Waals surface area contributed by atoms with Crippen molar-refractivity contribution in [3.05, 3.63) is 11.0 Å². The summed E-state index contributed by atoms with van der Waals surface area (Å²) in [4.78, 5) is 29.0. The summed E-state index contributed by atoms with van der Waals surface area (Å²) in [7, 11) is 0. The minimum absolute atomic E-state index is 0.0953. The standard InChI is InChI=1S/C21H23ClF3N5O3S/c1-21(2,3)33-20(31)30-8-5-6-9(30)13-14(16(24)25)32-18-10-12(11(23)15(22)27-18)26-19(34-4)28-17(10)29(13)7-8/h8-9,13-14,16H,5-7H2,1-4H3/t8-,9+,13+,14-/m1/s1. The van der Waals surface area contributed by atoms with Crippen LogP contribution in [0.1, 0.15) is 33.6 Å². The number of piperazine rings is 1. The molecule has 5 heterocycles. The highest BCUT2D eigenvalue weighted by Crippen LogP contribution is 2.46. The Bertz CT molecular complexity index is 1170. The Morgan fingerprint density at radius 1 is 1.26 bits per heavy atom. The molecule has 184 valence electrons. The lowest BCUT2D eigenvalue weighted by atomic mass is 9.97. The molecule has 0 saturated carbocycles. The van der Waals surface area contributed by atoms with Crippen molar-refractivity contribution < 1.29 is 27.4 Å². The molecule has 0 unspecified atom stereocenters. The number of alkyl halides is 2. The van der Waals surface area contributed by atoms with Crippen LogP contribution < -0.4 is 9.64 Å². The molecule has 0 aliphatic carbocycles. The van der Waals surface area contributed by atoms with E-state index < -0.39 is 47.3 Å². The number of amides is 1. The third-order valence-electron chi connectivity index (χ3n) is 6.27. The predicted octanol–water partition coefficient (Wildman–Crippen LogP) is 4.52. The monoisotopic (exact) mass is 517 g/mol. The van der Waals surface area contributed by atoms with Gasteiger partial charge in [0.05, 0.1) is 18.1 Å². The van der Waals surface area contributed by atoms with Crippen molar-refractivity contribution in [1.29, 1.82) is 0 Å². The Balaban J connectivity index is 1.68. The molecule has 3 aliphatic rings. The summed E-state index contributed by atoms with van der Waals surface area (Å²) in [5.41, 5.74) is -0.879. The van der Waals surface area contributed by atoms with Gasteiger partial charge in [-0.05, 0) is 39.9 Å². The van der Waals surface area contributed by atoms with Gasteiger partial charge in [0.25, 0.3) is 6.43 Å². The number of nitrogens with zero attached hydrogens (tertiary/aromatic N) is 5. The second kappa shape index (κ2) is 8.18. The first-order chi connectivity index (χ1) is 16.0. The largest absolute Gasteiger partial charge is 0.465 e. The van der Waals surface area contributed by atoms with Crippen molar-refractivity contribution in [3.8, 4) is 5.88 Å². The summed E-state index contributed by atoms with van der Waals surface area (Å²) in [6.45, 7) is 5.46. The molecule has 4 atom stereocenters. The molecule has 2 fully saturated rings. The van der Waals surface area contributed by atoms with Crippen LogP contribution in [0.2, 0.25) is 5.15 Å². The van der Waals surface area contributed by atoms with Crippen molar-refractivity contribution in [1.82, 2.24) is 19.9 Å². The van der Waals surface area contributed by atoms with E-state index in [-0.39, 0.29) is 40.3 Å². The maximum Gasteiger partial charge on any atom is 0.410 e. The van der Waals surface area contributed by atoms with E-state index >= 15 is 0 Å². The molecule has 34 heavy (non-hydrogen) atoms. The summed E-state index contributed by atoms with van der Waals surface area (Å²) < 4.78 is 55.2. The van der Waals surface area contributed by atoms with E-state index in [2.05, 4.69) is 15.0 Å². The number of thioether (sulfide) groups is 1. The normalized spacial score (nSPS) is 25.9. The van der Waals surface area contributed by atoms with Gasteiger partial charge >= 0.3 is 6.09 Å². The first-order valence-electron chi connectivity index (χ1n) is 10.8. The molecule has 2 saturated heterocycles. The van der Waals surface area contributed by atoms with Gasteiger partial charge in [-0.25, -0.2) is 27.9 Å². The Morgan fingerprint density at radius 2 is 2.00 bits per heavy atom. The minimum Gasteiger partial charge on any atom is -0.465 e. The van der Waals surface area contributed by atoms with Gasteiger partial charge in [-0.15, -0.1) is 0 Å². The number of halogens is 4. The molecule has 2 aromatic heterocycles. The van der Waals surface area contributed by atoms with Gasteiger partial charge in [0.2, 0.25) is 5.88 Å². The smallest absolute Gasteiger partial charge is 0.410 e. The Labute approximate surface area is 203 Å². The summed E-state index contributed by atoms with van der Waals surface area (Å²) in [5.74, 6) is -0.866. The molecule has 2 bridgehead atoms. The zero-order chi connectivity index (χ0) is 24.5. The van der Waals surface area contributed by atoms with Crippen LogP contribution in [0.15, 0.2) is 5.16 Å². The van der Waals surface area contributed by atoms with Crippen LogP contribution in [0.5, 0.6) is 5.88 Å². The highest BCUT2D eigenvalue weighted by molar-refractivity contribution is 7.98. The number of anilines is 1. The lowest BCUT2D eigenvalue weighted by molar-refractivity contribution is -0.0371. The van der Waals surface area contributed by atoms with Crippen LogP contribution in [0, 0.1) is 5.82 Å². The van der Waals surface area contributed by atoms with E-state index in [0.717, 1.165) is 0 Å². The molecule has 0 radical (unpaired) electrons. The first-order valence-corrected chi connectivity index (χ1v) is 12.4. The van der Waals surface area contributed by atoms with Crippen LogP contribution in [0.25, 0.3) is 10.9 Å². The maximum absolute atomic E-state index is 15.0. The van der Waals surface area contributed by atoms with Gasteiger partial charge in [0.15, 0.2) is 22.2 Å². The Hall–Kier alpha value is -2.21. The maximum atomic E-state index is 15.0. The van der Waals surface area contributed by atoms with Crippen molar-refractivity contribution in [2.24, 2.45) is 0 Å². The average Bonchev–Trinajstić information content (AvgIpc) is 3.00. The van der Waals surface area contributed by atoms with Crippen LogP contribution in [0.4, 0.5) is 23.8 Å². The van der Waals surface area contributed by atoms with Crippen LogP contribution in [0.3, 0.4) is 0 Å². The lowest BCUT2D eigenvalue weighted by Crippen LogP contribution is -2.67. The molecule has 3 aliphatic heterocycles. The molecule has 0 spiro atoms. The van der Waals surface area contributed by atoms with E-state index in [1.165, 1.54) is 11.8 Å². The van der Waals surface area contributed by atoms with E-state index in [4.69, 9.17) is 21.1 Å². The molecule has 1 amide bonds. The predicted molar refractivity (Wildman–Crippen MR) is 121 cm³/mol. The Morgan fingerprint density at radius 3 is 2.65 bits per heavy atom. The Kier molecular flexibility index (Phi) is 5.66. The van der Waals surface area contributed by atoms with Crippen LogP contribution >= 0.6 is 23.4 Å². The third kappa shape index (κ3) is 3.69. The number of rotatable bonds is 2. The van der Waals surface area contributed by atoms with Crippen LogP contribution in [-0.4, -0.2) is 75.0 Å². The van der Waals surface area contributed by atoms with Crippen molar-refractivity contribution in [3.63, 3.8) is 0 Å². The van der Waals surface area contributed by atoms with Crippen molar-refractivity contribution in [2.45, 2.75) is 75.0 Å². The number of ether oxygens (including phenoxy) is 2. The van der Waals surface area contributed by atoms with E-state index in [0.29, 0.717) is 12.8 Å². The molecule has 0 aromatic carbocycles. The molecular weight excluding hydrogens is 495 g/mol. The van der Waals surface area contributed by atoms with Crippen molar-refractivity contribution in [2.75, 3.05) is 17.7 Å². The van der Waals surface area contributed by atoms with Gasteiger partial charge in [-0.2, -0.15) is 4.98 Å². The van der Waals surface area contributed by atoms with Gasteiger partial charge in [0.1, 0.15) is 22.3 Å². The second-order valence-corrected chi connectivity index (χ2v) is 10.7. The fraction of sp³-hybridized carbons (Fsp3) is 0.619. The molecule has 2 aromatic rings. The molecular formula is C21H23ClF3N5O3S. The number of aromatic nitrogens is 3. The highest BCUT2D eigenvalue weighted by Gasteiger charge is 2.56. The fourth-order valence-electron chi connectivity index (χ4n) is 5.07. The number of fused-ring (bicyclic) bond motifs is 5. The SMILES string of the molecule is CSc1nc2c3c(nc(Cl)c(F)c3n1)O[C@@H](C(F)F)[C@@H]1[C@@H]3CC[C@H](CN21)N3C(=O)OC(C)(C)C. The highest BCUT2D eigenvalue weighted by atomic mass is 35.5. The summed E-state index contributed by atoms with van der Waals surface area (Å²) >= 11 is 7.15. The fourth-order valence-corrected chi connectivity index (χ4v) is 5.59. The van der Waals surface area contributed by atoms with Gasteiger partial charge < -0.3 is 14.4 Å². The average molecular weight is 518 g/mol. The van der Waals surface area contributed by atoms with Crippen LogP contribution in [-0.2, 0) is 4.74 Å². The lowest BCUT2D eigenvalue weighted by Gasteiger charge is -2.48. The number of carbonyl (C=O) groups is 1. The van der Waals surface area contributed by atoms with E-state index in [1.807, 2.05) is 0 Å². The molecule has 8 nitrogen and oxygen atoms in total. The van der Waals surface area contributed by atoms with Gasteiger partial charge in [-0.3, -0.25) is 4.90 Å². The number of hydrogen-bond donors (Lipinski definition) is 0. The molecule has 5 rings (SSSR count). The second-order valence-electron chi connectivity index (χ2n) is 9.53. The number of hydrogen-bond acceptors (Lipinski definition) is 8. The minimum atomic E-state index is -2.92. The zero-order valence-electron chi connectivity index (χ0n) is 18.9. The topological polar surface area (TPSA) is 80.7 Å². The van der Waals surface area contributed by atoms with Gasteiger partial charge in [0, 0.05) is 6.54 Å².